The molecule has 21 heavy (non-hydrogen) atoms. The third-order valence-electron chi connectivity index (χ3n) is 3.21. The maximum absolute atomic E-state index is 11.1. The number of carboxylic acids is 1. The average Bonchev–Trinajstić information content (AvgIpc) is 2.48. The first-order valence-electron chi connectivity index (χ1n) is 6.25. The van der Waals surface area contributed by atoms with Crippen molar-refractivity contribution in [2.24, 2.45) is 0 Å². The Morgan fingerprint density at radius 2 is 1.81 bits per heavy atom. The standard InChI is InChI=1S/C13H16O8/c14-5-8-9(15)10(16)11(17)13(21-8)20-7-4-2-1-3-6(7)12(18)19/h1-4,8-11,13-17H,5H2,(H,18,19)/t8-,9+,10+,11+,13-/m1/s1. The molecular weight excluding hydrogens is 284 g/mol. The Kier molecular flexibility index (Phi) is 4.76. The van der Waals surface area contributed by atoms with Crippen molar-refractivity contribution in [1.29, 1.82) is 0 Å². The second-order valence-corrected chi connectivity index (χ2v) is 4.62. The molecule has 1 fully saturated rings. The van der Waals surface area contributed by atoms with Gasteiger partial charge in [-0.3, -0.25) is 0 Å². The van der Waals surface area contributed by atoms with Crippen molar-refractivity contribution in [1.82, 2.24) is 0 Å². The summed E-state index contributed by atoms with van der Waals surface area (Å²) in [7, 11) is 0. The maximum Gasteiger partial charge on any atom is 0.339 e. The molecule has 1 aromatic rings. The number of benzene rings is 1. The van der Waals surface area contributed by atoms with E-state index in [-0.39, 0.29) is 11.3 Å². The molecule has 0 aromatic heterocycles. The summed E-state index contributed by atoms with van der Waals surface area (Å²) >= 11 is 0. The van der Waals surface area contributed by atoms with Gasteiger partial charge in [0.2, 0.25) is 6.29 Å². The largest absolute Gasteiger partial charge is 0.478 e. The van der Waals surface area contributed by atoms with Crippen molar-refractivity contribution in [2.75, 3.05) is 6.61 Å². The molecule has 0 amide bonds. The number of carboxylic acid groups (broad SMARTS) is 1. The number of ether oxygens (including phenoxy) is 2. The summed E-state index contributed by atoms with van der Waals surface area (Å²) < 4.78 is 10.4. The van der Waals surface area contributed by atoms with Crippen LogP contribution in [-0.4, -0.2) is 68.8 Å². The molecule has 1 saturated heterocycles. The SMILES string of the molecule is O=C(O)c1ccccc1O[C@@H]1O[C@H](CO)[C@H](O)[C@H](O)[C@@H]1O. The van der Waals surface area contributed by atoms with Crippen LogP contribution in [0.2, 0.25) is 0 Å². The van der Waals surface area contributed by atoms with E-state index in [0.717, 1.165) is 0 Å². The third kappa shape index (κ3) is 3.14. The second-order valence-electron chi connectivity index (χ2n) is 4.62. The van der Waals surface area contributed by atoms with Gasteiger partial charge in [-0.1, -0.05) is 12.1 Å². The van der Waals surface area contributed by atoms with Crippen molar-refractivity contribution >= 4 is 5.97 Å². The Hall–Kier alpha value is -1.71. The average molecular weight is 300 g/mol. The fraction of sp³-hybridized carbons (Fsp3) is 0.462. The summed E-state index contributed by atoms with van der Waals surface area (Å²) in [6.07, 6.45) is -7.21. The molecule has 0 radical (unpaired) electrons. The van der Waals surface area contributed by atoms with Crippen LogP contribution >= 0.6 is 0 Å². The van der Waals surface area contributed by atoms with E-state index in [4.69, 9.17) is 19.7 Å². The first-order chi connectivity index (χ1) is 9.95. The highest BCUT2D eigenvalue weighted by atomic mass is 16.7. The van der Waals surface area contributed by atoms with E-state index in [2.05, 4.69) is 0 Å². The molecule has 5 atom stereocenters. The van der Waals surface area contributed by atoms with Gasteiger partial charge in [-0.2, -0.15) is 0 Å². The van der Waals surface area contributed by atoms with Crippen molar-refractivity contribution in [3.63, 3.8) is 0 Å². The number of aliphatic hydroxyl groups excluding tert-OH is 4. The van der Waals surface area contributed by atoms with Crippen molar-refractivity contribution in [3.05, 3.63) is 29.8 Å². The Morgan fingerprint density at radius 3 is 2.43 bits per heavy atom. The van der Waals surface area contributed by atoms with Crippen LogP contribution in [0.25, 0.3) is 0 Å². The highest BCUT2D eigenvalue weighted by Gasteiger charge is 2.44. The minimum absolute atomic E-state index is 0.0608. The van der Waals surface area contributed by atoms with Gasteiger partial charge >= 0.3 is 5.97 Å². The molecule has 8 heteroatoms. The molecular formula is C13H16O8. The molecule has 0 saturated carbocycles. The number of rotatable bonds is 4. The number of hydrogen-bond donors (Lipinski definition) is 5. The summed E-state index contributed by atoms with van der Waals surface area (Å²) in [5, 5.41) is 47.2. The van der Waals surface area contributed by atoms with Crippen molar-refractivity contribution in [3.8, 4) is 5.75 Å². The van der Waals surface area contributed by atoms with Gasteiger partial charge < -0.3 is 35.0 Å². The van der Waals surface area contributed by atoms with Crippen LogP contribution < -0.4 is 4.74 Å². The third-order valence-corrected chi connectivity index (χ3v) is 3.21. The van der Waals surface area contributed by atoms with Crippen molar-refractivity contribution in [2.45, 2.75) is 30.7 Å². The molecule has 1 aliphatic heterocycles. The van der Waals surface area contributed by atoms with E-state index in [1.807, 2.05) is 0 Å². The molecule has 5 N–H and O–H groups in total. The molecule has 8 nitrogen and oxygen atoms in total. The van der Waals surface area contributed by atoms with E-state index in [0.29, 0.717) is 0 Å². The number of aromatic carboxylic acids is 1. The van der Waals surface area contributed by atoms with E-state index in [1.54, 1.807) is 0 Å². The quantitative estimate of drug-likeness (QED) is 0.456. The smallest absolute Gasteiger partial charge is 0.339 e. The number of aliphatic hydroxyl groups is 4. The fourth-order valence-corrected chi connectivity index (χ4v) is 2.04. The Morgan fingerprint density at radius 1 is 1.14 bits per heavy atom. The molecule has 0 bridgehead atoms. The van der Waals surface area contributed by atoms with Gasteiger partial charge in [0.25, 0.3) is 0 Å². The zero-order valence-electron chi connectivity index (χ0n) is 10.9. The summed E-state index contributed by atoms with van der Waals surface area (Å²) in [5.41, 5.74) is -0.144. The highest BCUT2D eigenvalue weighted by molar-refractivity contribution is 5.90. The van der Waals surface area contributed by atoms with Gasteiger partial charge in [-0.15, -0.1) is 0 Å². The summed E-state index contributed by atoms with van der Waals surface area (Å²) in [4.78, 5) is 11.1. The van der Waals surface area contributed by atoms with Gasteiger partial charge in [-0.25, -0.2) is 4.79 Å². The summed E-state index contributed by atoms with van der Waals surface area (Å²) in [5.74, 6) is -1.29. The first-order valence-corrected chi connectivity index (χ1v) is 6.25. The van der Waals surface area contributed by atoms with Gasteiger partial charge in [0.1, 0.15) is 35.7 Å². The lowest BCUT2D eigenvalue weighted by molar-refractivity contribution is -0.277. The lowest BCUT2D eigenvalue weighted by Gasteiger charge is -2.39. The molecule has 116 valence electrons. The van der Waals surface area contributed by atoms with Crippen LogP contribution in [0, 0.1) is 0 Å². The predicted molar refractivity (Wildman–Crippen MR) is 67.8 cm³/mol. The number of carbonyl (C=O) groups is 1. The van der Waals surface area contributed by atoms with Crippen LogP contribution in [0.1, 0.15) is 10.4 Å². The Balaban J connectivity index is 2.20. The number of hydrogen-bond acceptors (Lipinski definition) is 7. The molecule has 0 spiro atoms. The molecule has 2 rings (SSSR count). The Bertz CT molecular complexity index is 503. The lowest BCUT2D eigenvalue weighted by Crippen LogP contribution is -2.60. The Labute approximate surface area is 119 Å². The van der Waals surface area contributed by atoms with Gasteiger partial charge in [0, 0.05) is 0 Å². The molecule has 0 unspecified atom stereocenters. The zero-order chi connectivity index (χ0) is 15.6. The summed E-state index contributed by atoms with van der Waals surface area (Å²) in [6.45, 7) is -0.592. The predicted octanol–water partition coefficient (Wildman–Crippen LogP) is -1.44. The van der Waals surface area contributed by atoms with Crippen molar-refractivity contribution < 1.29 is 39.8 Å². The van der Waals surface area contributed by atoms with Crippen LogP contribution in [-0.2, 0) is 4.74 Å². The highest BCUT2D eigenvalue weighted by Crippen LogP contribution is 2.26. The van der Waals surface area contributed by atoms with Gasteiger partial charge in [0.05, 0.1) is 6.61 Å². The second kappa shape index (κ2) is 6.37. The lowest BCUT2D eigenvalue weighted by atomic mass is 9.99. The minimum atomic E-state index is -1.59. The maximum atomic E-state index is 11.1. The first kappa shape index (κ1) is 15.7. The topological polar surface area (TPSA) is 137 Å². The van der Waals surface area contributed by atoms with E-state index < -0.39 is 43.3 Å². The van der Waals surface area contributed by atoms with Crippen LogP contribution in [0.3, 0.4) is 0 Å². The monoisotopic (exact) mass is 300 g/mol. The molecule has 1 aromatic carbocycles. The van der Waals surface area contributed by atoms with Gasteiger partial charge in [-0.05, 0) is 12.1 Å². The van der Waals surface area contributed by atoms with Gasteiger partial charge in [0.15, 0.2) is 0 Å². The number of para-hydroxylation sites is 1. The van der Waals surface area contributed by atoms with E-state index >= 15 is 0 Å². The van der Waals surface area contributed by atoms with Crippen LogP contribution in [0.4, 0.5) is 0 Å². The molecule has 0 aliphatic carbocycles. The van der Waals surface area contributed by atoms with Crippen LogP contribution in [0.5, 0.6) is 5.75 Å². The normalized spacial score (nSPS) is 32.7. The molecule has 1 heterocycles. The molecule has 1 aliphatic rings. The van der Waals surface area contributed by atoms with E-state index in [1.165, 1.54) is 24.3 Å². The van der Waals surface area contributed by atoms with Crippen LogP contribution in [0.15, 0.2) is 24.3 Å². The summed E-state index contributed by atoms with van der Waals surface area (Å²) in [6, 6.07) is 5.71. The zero-order valence-corrected chi connectivity index (χ0v) is 10.9. The van der Waals surface area contributed by atoms with E-state index in [9.17, 15) is 20.1 Å². The minimum Gasteiger partial charge on any atom is -0.478 e. The fourth-order valence-electron chi connectivity index (χ4n) is 2.04.